The van der Waals surface area contributed by atoms with Crippen molar-refractivity contribution in [3.05, 3.63) is 54.1 Å². The van der Waals surface area contributed by atoms with Crippen LogP contribution in [0.25, 0.3) is 0 Å². The molecule has 5 heteroatoms. The molecular formula is C12H12ClFN2O. The van der Waals surface area contributed by atoms with Crippen molar-refractivity contribution >= 4 is 18.1 Å². The second kappa shape index (κ2) is 6.06. The highest BCUT2D eigenvalue weighted by Gasteiger charge is 2.03. The molecule has 1 aromatic carbocycles. The number of anilines is 1. The van der Waals surface area contributed by atoms with E-state index in [-0.39, 0.29) is 24.8 Å². The fraction of sp³-hybridized carbons (Fsp3) is 0.0833. The van der Waals surface area contributed by atoms with Crippen molar-refractivity contribution in [2.45, 2.75) is 6.61 Å². The van der Waals surface area contributed by atoms with Gasteiger partial charge in [-0.15, -0.1) is 12.4 Å². The van der Waals surface area contributed by atoms with Crippen LogP contribution < -0.4 is 10.5 Å². The third kappa shape index (κ3) is 3.60. The van der Waals surface area contributed by atoms with Gasteiger partial charge in [-0.25, -0.2) is 4.39 Å². The van der Waals surface area contributed by atoms with Gasteiger partial charge in [-0.1, -0.05) is 6.07 Å². The second-order valence-corrected chi connectivity index (χ2v) is 3.34. The number of hydrogen-bond donors (Lipinski definition) is 1. The number of aromatic nitrogens is 1. The molecule has 1 aromatic heterocycles. The van der Waals surface area contributed by atoms with Crippen LogP contribution in [0.5, 0.6) is 5.75 Å². The molecule has 0 saturated heterocycles. The summed E-state index contributed by atoms with van der Waals surface area (Å²) in [4.78, 5) is 3.94. The van der Waals surface area contributed by atoms with Gasteiger partial charge >= 0.3 is 0 Å². The van der Waals surface area contributed by atoms with Crippen molar-refractivity contribution in [1.82, 2.24) is 4.98 Å². The van der Waals surface area contributed by atoms with E-state index in [1.165, 1.54) is 12.1 Å². The van der Waals surface area contributed by atoms with Gasteiger partial charge in [0.25, 0.3) is 0 Å². The zero-order valence-corrected chi connectivity index (χ0v) is 9.78. The maximum absolute atomic E-state index is 13.3. The first-order valence-corrected chi connectivity index (χ1v) is 4.82. The molecule has 0 unspecified atom stereocenters. The zero-order chi connectivity index (χ0) is 11.4. The zero-order valence-electron chi connectivity index (χ0n) is 8.97. The molecule has 0 amide bonds. The third-order valence-electron chi connectivity index (χ3n) is 2.07. The molecular weight excluding hydrogens is 243 g/mol. The van der Waals surface area contributed by atoms with Crippen molar-refractivity contribution < 1.29 is 9.13 Å². The monoisotopic (exact) mass is 254 g/mol. The molecule has 0 bridgehead atoms. The van der Waals surface area contributed by atoms with E-state index in [0.29, 0.717) is 5.69 Å². The third-order valence-corrected chi connectivity index (χ3v) is 2.07. The molecule has 1 heterocycles. The Balaban J connectivity index is 0.00000144. The summed E-state index contributed by atoms with van der Waals surface area (Å²) < 4.78 is 18.6. The predicted molar refractivity (Wildman–Crippen MR) is 66.6 cm³/mol. The Hall–Kier alpha value is -1.81. The van der Waals surface area contributed by atoms with Crippen LogP contribution in [0.1, 0.15) is 5.56 Å². The van der Waals surface area contributed by atoms with E-state index in [2.05, 4.69) is 4.98 Å². The first-order valence-electron chi connectivity index (χ1n) is 4.82. The van der Waals surface area contributed by atoms with E-state index in [4.69, 9.17) is 10.5 Å². The van der Waals surface area contributed by atoms with Crippen molar-refractivity contribution in [1.29, 1.82) is 0 Å². The highest BCUT2D eigenvalue weighted by atomic mass is 35.5. The lowest BCUT2D eigenvalue weighted by atomic mass is 10.3. The van der Waals surface area contributed by atoms with Gasteiger partial charge in [0.05, 0.1) is 0 Å². The molecule has 0 saturated carbocycles. The summed E-state index contributed by atoms with van der Waals surface area (Å²) in [5.41, 5.74) is 6.70. The molecule has 17 heavy (non-hydrogen) atoms. The van der Waals surface area contributed by atoms with Gasteiger partial charge < -0.3 is 10.5 Å². The van der Waals surface area contributed by atoms with Crippen LogP contribution in [0.2, 0.25) is 0 Å². The van der Waals surface area contributed by atoms with Crippen LogP contribution in [-0.2, 0) is 6.61 Å². The second-order valence-electron chi connectivity index (χ2n) is 3.34. The van der Waals surface area contributed by atoms with Crippen LogP contribution >= 0.6 is 12.4 Å². The summed E-state index contributed by atoms with van der Waals surface area (Å²) in [6.07, 6.45) is 3.35. The quantitative estimate of drug-likeness (QED) is 0.857. The highest BCUT2D eigenvalue weighted by Crippen LogP contribution is 2.20. The molecule has 0 aliphatic rings. The Morgan fingerprint density at radius 3 is 2.76 bits per heavy atom. The first kappa shape index (κ1) is 13.3. The predicted octanol–water partition coefficient (Wildman–Crippen LogP) is 2.80. The normalized spacial score (nSPS) is 9.47. The number of rotatable bonds is 3. The maximum atomic E-state index is 13.3. The van der Waals surface area contributed by atoms with Gasteiger partial charge in [-0.3, -0.25) is 4.98 Å². The Morgan fingerprint density at radius 2 is 2.12 bits per heavy atom. The molecule has 2 aromatic rings. The number of nitrogens with zero attached hydrogens (tertiary/aromatic N) is 1. The number of pyridine rings is 1. The average Bonchev–Trinajstić information content (AvgIpc) is 2.29. The van der Waals surface area contributed by atoms with Crippen LogP contribution in [-0.4, -0.2) is 4.98 Å². The van der Waals surface area contributed by atoms with Crippen molar-refractivity contribution in [2.24, 2.45) is 0 Å². The van der Waals surface area contributed by atoms with E-state index in [9.17, 15) is 4.39 Å². The van der Waals surface area contributed by atoms with Crippen molar-refractivity contribution in [2.75, 3.05) is 5.73 Å². The molecule has 0 aliphatic carbocycles. The summed E-state index contributed by atoms with van der Waals surface area (Å²) in [6, 6.07) is 8.02. The first-order chi connectivity index (χ1) is 7.75. The van der Waals surface area contributed by atoms with Gasteiger partial charge in [0.15, 0.2) is 11.6 Å². The van der Waals surface area contributed by atoms with Gasteiger partial charge in [0.1, 0.15) is 6.61 Å². The van der Waals surface area contributed by atoms with Crippen LogP contribution in [0.3, 0.4) is 0 Å². The minimum absolute atomic E-state index is 0. The van der Waals surface area contributed by atoms with Crippen molar-refractivity contribution in [3.8, 4) is 5.75 Å². The molecule has 2 N–H and O–H groups in total. The molecule has 2 rings (SSSR count). The fourth-order valence-corrected chi connectivity index (χ4v) is 1.28. The van der Waals surface area contributed by atoms with Gasteiger partial charge in [0.2, 0.25) is 0 Å². The van der Waals surface area contributed by atoms with Crippen LogP contribution in [0, 0.1) is 5.82 Å². The number of nitrogen functional groups attached to an aromatic ring is 1. The molecule has 0 aliphatic heterocycles. The van der Waals surface area contributed by atoms with Crippen molar-refractivity contribution in [3.63, 3.8) is 0 Å². The van der Waals surface area contributed by atoms with E-state index >= 15 is 0 Å². The maximum Gasteiger partial charge on any atom is 0.167 e. The number of benzene rings is 1. The molecule has 3 nitrogen and oxygen atoms in total. The summed E-state index contributed by atoms with van der Waals surface area (Å²) in [5, 5.41) is 0. The summed E-state index contributed by atoms with van der Waals surface area (Å²) in [6.45, 7) is 0.286. The fourth-order valence-electron chi connectivity index (χ4n) is 1.28. The largest absolute Gasteiger partial charge is 0.486 e. The number of halogens is 2. The Labute approximate surface area is 105 Å². The Morgan fingerprint density at radius 1 is 1.29 bits per heavy atom. The lowest BCUT2D eigenvalue weighted by molar-refractivity contribution is 0.290. The summed E-state index contributed by atoms with van der Waals surface area (Å²) in [7, 11) is 0. The molecule has 0 atom stereocenters. The van der Waals surface area contributed by atoms with E-state index in [1.807, 2.05) is 6.07 Å². The summed E-state index contributed by atoms with van der Waals surface area (Å²) in [5.74, 6) is -0.262. The topological polar surface area (TPSA) is 48.1 Å². The molecule has 0 radical (unpaired) electrons. The highest BCUT2D eigenvalue weighted by molar-refractivity contribution is 5.85. The van der Waals surface area contributed by atoms with Gasteiger partial charge in [-0.2, -0.15) is 0 Å². The van der Waals surface area contributed by atoms with Crippen LogP contribution in [0.15, 0.2) is 42.7 Å². The lowest BCUT2D eigenvalue weighted by Gasteiger charge is -2.07. The van der Waals surface area contributed by atoms with Gasteiger partial charge in [0, 0.05) is 29.7 Å². The smallest absolute Gasteiger partial charge is 0.167 e. The number of hydrogen-bond acceptors (Lipinski definition) is 3. The number of nitrogens with two attached hydrogens (primary N) is 1. The van der Waals surface area contributed by atoms with E-state index < -0.39 is 5.82 Å². The summed E-state index contributed by atoms with van der Waals surface area (Å²) >= 11 is 0. The molecule has 0 spiro atoms. The minimum atomic E-state index is -0.455. The molecule has 90 valence electrons. The number of ether oxygens (including phenoxy) is 1. The lowest BCUT2D eigenvalue weighted by Crippen LogP contribution is -1.98. The van der Waals surface area contributed by atoms with Crippen LogP contribution in [0.4, 0.5) is 10.1 Å². The minimum Gasteiger partial charge on any atom is -0.486 e. The van der Waals surface area contributed by atoms with E-state index in [1.54, 1.807) is 24.5 Å². The van der Waals surface area contributed by atoms with E-state index in [0.717, 1.165) is 5.56 Å². The van der Waals surface area contributed by atoms with Gasteiger partial charge in [-0.05, 0) is 18.2 Å². The molecule has 0 fully saturated rings. The Bertz CT molecular complexity index is 479. The Kier molecular flexibility index (Phi) is 4.72. The average molecular weight is 255 g/mol. The standard InChI is InChI=1S/C12H11FN2O.ClH/c13-11-6-10(14)3-4-12(11)16-8-9-2-1-5-15-7-9;/h1-7H,8,14H2;1H. The SMILES string of the molecule is Cl.Nc1ccc(OCc2cccnc2)c(F)c1.